The van der Waals surface area contributed by atoms with E-state index in [-0.39, 0.29) is 12.3 Å². The highest BCUT2D eigenvalue weighted by atomic mass is 16.5. The van der Waals surface area contributed by atoms with Crippen LogP contribution < -0.4 is 5.73 Å². The van der Waals surface area contributed by atoms with Crippen molar-refractivity contribution < 1.29 is 14.6 Å². The Morgan fingerprint density at radius 2 is 2.08 bits per heavy atom. The van der Waals surface area contributed by atoms with Crippen molar-refractivity contribution in [3.8, 4) is 0 Å². The summed E-state index contributed by atoms with van der Waals surface area (Å²) in [4.78, 5) is 11.0. The van der Waals surface area contributed by atoms with E-state index in [4.69, 9.17) is 10.5 Å². The van der Waals surface area contributed by atoms with Gasteiger partial charge < -0.3 is 15.6 Å². The van der Waals surface area contributed by atoms with Crippen molar-refractivity contribution in [1.29, 1.82) is 0 Å². The highest BCUT2D eigenvalue weighted by Crippen LogP contribution is 2.07. The maximum atomic E-state index is 11.0. The van der Waals surface area contributed by atoms with Gasteiger partial charge in [-0.2, -0.15) is 0 Å². The average Bonchev–Trinajstić information content (AvgIpc) is 2.04. The van der Waals surface area contributed by atoms with Crippen LogP contribution >= 0.6 is 0 Å². The van der Waals surface area contributed by atoms with Crippen LogP contribution in [-0.2, 0) is 9.53 Å². The minimum absolute atomic E-state index is 0.112. The Hall–Kier alpha value is -0.610. The Morgan fingerprint density at radius 1 is 1.54 bits per heavy atom. The molecule has 0 aliphatic rings. The molecular formula is C9H19NO3. The third-order valence-corrected chi connectivity index (χ3v) is 1.85. The van der Waals surface area contributed by atoms with Crippen LogP contribution in [-0.4, -0.2) is 29.8 Å². The molecule has 78 valence electrons. The molecule has 0 saturated heterocycles. The Morgan fingerprint density at radius 3 is 2.46 bits per heavy atom. The van der Waals surface area contributed by atoms with E-state index in [1.807, 2.05) is 13.8 Å². The van der Waals surface area contributed by atoms with Crippen LogP contribution in [0.4, 0.5) is 0 Å². The number of rotatable bonds is 5. The number of aliphatic hydroxyl groups excluding tert-OH is 1. The van der Waals surface area contributed by atoms with Crippen molar-refractivity contribution in [3.05, 3.63) is 0 Å². The molecule has 0 rings (SSSR count). The number of aliphatic hydroxyl groups is 1. The fraction of sp³-hybridized carbons (Fsp3) is 0.889. The zero-order chi connectivity index (χ0) is 10.4. The summed E-state index contributed by atoms with van der Waals surface area (Å²) < 4.78 is 4.71. The summed E-state index contributed by atoms with van der Waals surface area (Å²) in [5, 5.41) is 9.43. The largest absolute Gasteiger partial charge is 0.465 e. The topological polar surface area (TPSA) is 72.5 Å². The predicted molar refractivity (Wildman–Crippen MR) is 50.1 cm³/mol. The first-order valence-corrected chi connectivity index (χ1v) is 4.59. The van der Waals surface area contributed by atoms with Crippen LogP contribution in [0.5, 0.6) is 0 Å². The second kappa shape index (κ2) is 5.94. The molecule has 0 aliphatic heterocycles. The standard InChI is InChI=1S/C9H19NO3/c1-4-13-9(12)7(10)5-8(11)6(2)3/h6-8,11H,4-5,10H2,1-3H3. The predicted octanol–water partition coefficient (Wildman–Crippen LogP) is 0.284. The smallest absolute Gasteiger partial charge is 0.322 e. The maximum Gasteiger partial charge on any atom is 0.322 e. The molecule has 0 heterocycles. The molecule has 13 heavy (non-hydrogen) atoms. The highest BCUT2D eigenvalue weighted by molar-refractivity contribution is 5.75. The maximum absolute atomic E-state index is 11.0. The quantitative estimate of drug-likeness (QED) is 0.609. The third-order valence-electron chi connectivity index (χ3n) is 1.85. The zero-order valence-corrected chi connectivity index (χ0v) is 8.49. The van der Waals surface area contributed by atoms with Gasteiger partial charge in [0.15, 0.2) is 0 Å². The summed E-state index contributed by atoms with van der Waals surface area (Å²) in [6.07, 6.45) is -0.282. The highest BCUT2D eigenvalue weighted by Gasteiger charge is 2.20. The normalized spacial score (nSPS) is 15.5. The number of nitrogens with two attached hydrogens (primary N) is 1. The van der Waals surface area contributed by atoms with E-state index in [1.165, 1.54) is 0 Å². The number of hydrogen-bond donors (Lipinski definition) is 2. The lowest BCUT2D eigenvalue weighted by Gasteiger charge is -2.17. The molecule has 2 atom stereocenters. The lowest BCUT2D eigenvalue weighted by atomic mass is 10.0. The Balaban J connectivity index is 3.85. The van der Waals surface area contributed by atoms with Crippen LogP contribution in [0.1, 0.15) is 27.2 Å². The number of carbonyl (C=O) groups is 1. The van der Waals surface area contributed by atoms with Gasteiger partial charge in [0.05, 0.1) is 12.7 Å². The molecule has 0 fully saturated rings. The van der Waals surface area contributed by atoms with Crippen LogP contribution in [0.25, 0.3) is 0 Å². The van der Waals surface area contributed by atoms with Gasteiger partial charge in [0.1, 0.15) is 6.04 Å². The number of hydrogen-bond acceptors (Lipinski definition) is 4. The second-order valence-corrected chi connectivity index (χ2v) is 3.41. The fourth-order valence-electron chi connectivity index (χ4n) is 0.878. The minimum Gasteiger partial charge on any atom is -0.465 e. The van der Waals surface area contributed by atoms with Crippen LogP contribution in [0.2, 0.25) is 0 Å². The van der Waals surface area contributed by atoms with E-state index in [0.29, 0.717) is 6.61 Å². The Labute approximate surface area is 79.1 Å². The molecular weight excluding hydrogens is 170 g/mol. The molecule has 0 aromatic heterocycles. The van der Waals surface area contributed by atoms with Gasteiger partial charge in [-0.15, -0.1) is 0 Å². The summed E-state index contributed by atoms with van der Waals surface area (Å²) in [5.41, 5.74) is 5.51. The molecule has 0 aromatic carbocycles. The number of carbonyl (C=O) groups excluding carboxylic acids is 1. The van der Waals surface area contributed by atoms with E-state index in [2.05, 4.69) is 0 Å². The SMILES string of the molecule is CCOC(=O)C(N)CC(O)C(C)C. The van der Waals surface area contributed by atoms with Crippen molar-refractivity contribution >= 4 is 5.97 Å². The van der Waals surface area contributed by atoms with Gasteiger partial charge in [0.2, 0.25) is 0 Å². The second-order valence-electron chi connectivity index (χ2n) is 3.41. The summed E-state index contributed by atoms with van der Waals surface area (Å²) in [6, 6.07) is -0.711. The van der Waals surface area contributed by atoms with Crippen molar-refractivity contribution in [2.24, 2.45) is 11.7 Å². The van der Waals surface area contributed by atoms with Crippen molar-refractivity contribution in [2.75, 3.05) is 6.61 Å². The molecule has 4 heteroatoms. The van der Waals surface area contributed by atoms with Crippen LogP contribution in [0, 0.1) is 5.92 Å². The van der Waals surface area contributed by atoms with E-state index >= 15 is 0 Å². The Bertz CT molecular complexity index is 159. The molecule has 0 radical (unpaired) electrons. The number of ether oxygens (including phenoxy) is 1. The molecule has 2 unspecified atom stereocenters. The molecule has 0 saturated carbocycles. The van der Waals surface area contributed by atoms with Crippen LogP contribution in [0.15, 0.2) is 0 Å². The first kappa shape index (κ1) is 12.4. The molecule has 0 amide bonds. The lowest BCUT2D eigenvalue weighted by molar-refractivity contribution is -0.145. The summed E-state index contributed by atoms with van der Waals surface area (Å²) in [6.45, 7) is 5.80. The van der Waals surface area contributed by atoms with Crippen LogP contribution in [0.3, 0.4) is 0 Å². The van der Waals surface area contributed by atoms with Crippen molar-refractivity contribution in [2.45, 2.75) is 39.3 Å². The average molecular weight is 189 g/mol. The lowest BCUT2D eigenvalue weighted by Crippen LogP contribution is -2.37. The zero-order valence-electron chi connectivity index (χ0n) is 8.49. The monoisotopic (exact) mass is 189 g/mol. The molecule has 4 nitrogen and oxygen atoms in total. The summed E-state index contributed by atoms with van der Waals surface area (Å²) in [7, 11) is 0. The van der Waals surface area contributed by atoms with E-state index in [9.17, 15) is 9.90 Å². The van der Waals surface area contributed by atoms with Crippen molar-refractivity contribution in [3.63, 3.8) is 0 Å². The molecule has 0 bridgehead atoms. The summed E-state index contributed by atoms with van der Waals surface area (Å²) >= 11 is 0. The molecule has 0 spiro atoms. The minimum atomic E-state index is -0.711. The third kappa shape index (κ3) is 4.85. The molecule has 3 N–H and O–H groups in total. The first-order valence-electron chi connectivity index (χ1n) is 4.59. The van der Waals surface area contributed by atoms with Crippen molar-refractivity contribution in [1.82, 2.24) is 0 Å². The first-order chi connectivity index (χ1) is 5.99. The van der Waals surface area contributed by atoms with Gasteiger partial charge in [-0.25, -0.2) is 0 Å². The van der Waals surface area contributed by atoms with E-state index in [0.717, 1.165) is 0 Å². The van der Waals surface area contributed by atoms with Gasteiger partial charge in [-0.05, 0) is 19.3 Å². The molecule has 0 aromatic rings. The van der Waals surface area contributed by atoms with Gasteiger partial charge in [0, 0.05) is 0 Å². The van der Waals surface area contributed by atoms with E-state index in [1.54, 1.807) is 6.92 Å². The van der Waals surface area contributed by atoms with Gasteiger partial charge >= 0.3 is 5.97 Å². The van der Waals surface area contributed by atoms with Gasteiger partial charge in [0.25, 0.3) is 0 Å². The summed E-state index contributed by atoms with van der Waals surface area (Å²) in [5.74, 6) is -0.331. The fourth-order valence-corrected chi connectivity index (χ4v) is 0.878. The Kier molecular flexibility index (Phi) is 5.66. The number of esters is 1. The van der Waals surface area contributed by atoms with Gasteiger partial charge in [-0.1, -0.05) is 13.8 Å². The van der Waals surface area contributed by atoms with Gasteiger partial charge in [-0.3, -0.25) is 4.79 Å². The van der Waals surface area contributed by atoms with E-state index < -0.39 is 18.1 Å². The molecule has 0 aliphatic carbocycles.